The number of aliphatic hydroxyl groups is 1. The van der Waals surface area contributed by atoms with Crippen LogP contribution in [0.5, 0.6) is 0 Å². The van der Waals surface area contributed by atoms with Gasteiger partial charge in [0.1, 0.15) is 19.3 Å². The fraction of sp³-hybridized carbons (Fsp3) is 0.957. The van der Waals surface area contributed by atoms with Gasteiger partial charge in [-0.2, -0.15) is 0 Å². The summed E-state index contributed by atoms with van der Waals surface area (Å²) in [6.45, 7) is 12.1. The quantitative estimate of drug-likeness (QED) is 0.0222. The molecule has 3 N–H and O–H groups in total. The van der Waals surface area contributed by atoms with E-state index in [4.69, 9.17) is 37.0 Å². The van der Waals surface area contributed by atoms with Gasteiger partial charge in [-0.25, -0.2) is 9.13 Å². The summed E-state index contributed by atoms with van der Waals surface area (Å²) >= 11 is 0. The summed E-state index contributed by atoms with van der Waals surface area (Å²) in [5, 5.41) is 10.7. The number of ether oxygens (including phenoxy) is 4. The van der Waals surface area contributed by atoms with Crippen LogP contribution in [0.4, 0.5) is 0 Å². The molecule has 111 heavy (non-hydrogen) atoms. The Morgan fingerprint density at radius 3 is 0.685 bits per heavy atom. The van der Waals surface area contributed by atoms with E-state index in [2.05, 4.69) is 48.5 Å². The first kappa shape index (κ1) is 109. The molecule has 0 amide bonds. The molecule has 0 saturated heterocycles. The number of unbranched alkanes of at least 4 members (excludes halogenated alkanes) is 57. The number of hydrogen-bond donors (Lipinski definition) is 3. The Bertz CT molecular complexity index is 2130. The van der Waals surface area contributed by atoms with E-state index in [9.17, 15) is 43.2 Å². The highest BCUT2D eigenvalue weighted by atomic mass is 31.2. The van der Waals surface area contributed by atoms with Crippen molar-refractivity contribution in [2.45, 2.75) is 510 Å². The third-order valence-electron chi connectivity index (χ3n) is 22.0. The van der Waals surface area contributed by atoms with Crippen molar-refractivity contribution >= 4 is 39.5 Å². The Hall–Kier alpha value is -1.94. The van der Waals surface area contributed by atoms with Crippen LogP contribution in [0.2, 0.25) is 0 Å². The lowest BCUT2D eigenvalue weighted by molar-refractivity contribution is -0.161. The van der Waals surface area contributed by atoms with Crippen molar-refractivity contribution in [2.24, 2.45) is 17.8 Å². The van der Waals surface area contributed by atoms with Crippen LogP contribution in [0.1, 0.15) is 492 Å². The maximum atomic E-state index is 13.2. The zero-order chi connectivity index (χ0) is 81.5. The third kappa shape index (κ3) is 84.3. The maximum absolute atomic E-state index is 13.2. The Balaban J connectivity index is 5.24. The molecular weight excluding hydrogens is 1440 g/mol. The van der Waals surface area contributed by atoms with E-state index in [-0.39, 0.29) is 25.7 Å². The molecule has 0 radical (unpaired) electrons. The molecule has 0 aromatic rings. The van der Waals surface area contributed by atoms with Crippen LogP contribution in [0.15, 0.2) is 0 Å². The first-order valence-electron chi connectivity index (χ1n) is 47.4. The number of phosphoric ester groups is 2. The molecule has 17 nitrogen and oxygen atoms in total. The normalized spacial score (nSPS) is 14.0. The Morgan fingerprint density at radius 1 is 0.261 bits per heavy atom. The minimum Gasteiger partial charge on any atom is -0.462 e. The second-order valence-electron chi connectivity index (χ2n) is 34.2. The number of carbonyl (C=O) groups excluding carboxylic acids is 4. The molecule has 660 valence electrons. The fourth-order valence-corrected chi connectivity index (χ4v) is 16.0. The number of carbonyl (C=O) groups is 4. The van der Waals surface area contributed by atoms with E-state index in [1.165, 1.54) is 302 Å². The number of aliphatic hydroxyl groups excluding tert-OH is 1. The highest BCUT2D eigenvalue weighted by Gasteiger charge is 2.31. The van der Waals surface area contributed by atoms with Crippen molar-refractivity contribution in [1.82, 2.24) is 0 Å². The van der Waals surface area contributed by atoms with Crippen LogP contribution in [0, 0.1) is 17.8 Å². The lowest BCUT2D eigenvalue weighted by Crippen LogP contribution is -2.30. The van der Waals surface area contributed by atoms with Crippen LogP contribution in [-0.4, -0.2) is 96.7 Å². The van der Waals surface area contributed by atoms with E-state index >= 15 is 0 Å². The number of rotatable bonds is 90. The standard InChI is InChI=1S/C92H180O17P2/c1-8-10-11-12-13-14-15-16-17-18-19-20-21-22-27-30-35-40-45-54-61-68-75-91(96)108-87(79-102-89(94)73-66-59-52-44-39-34-29-26-24-23-25-28-32-37-42-49-56-63-70-83(3)4)81-106-110(98,99)104-77-86(93)78-105-111(100,101)107-82-88(80-103-90(95)74-67-60-53-48-47-51-58-65-72-85(7)9-2)109-92(97)76-69-62-55-46-41-36-31-33-38-43-50-57-64-71-84(5)6/h83-88,93H,8-82H2,1-7H3,(H,98,99)(H,100,101)/t85?,86-,87-,88-/m1/s1. The van der Waals surface area contributed by atoms with Gasteiger partial charge in [0.05, 0.1) is 26.4 Å². The smallest absolute Gasteiger partial charge is 0.462 e. The summed E-state index contributed by atoms with van der Waals surface area (Å²) in [7, 11) is -9.94. The average Bonchev–Trinajstić information content (AvgIpc) is 0.899. The summed E-state index contributed by atoms with van der Waals surface area (Å²) in [5.74, 6) is 0.288. The zero-order valence-electron chi connectivity index (χ0n) is 73.4. The van der Waals surface area contributed by atoms with Crippen LogP contribution in [-0.2, 0) is 65.4 Å². The number of phosphoric acid groups is 2. The molecule has 0 spiro atoms. The first-order valence-corrected chi connectivity index (χ1v) is 50.4. The van der Waals surface area contributed by atoms with Gasteiger partial charge in [-0.3, -0.25) is 37.3 Å². The van der Waals surface area contributed by atoms with Crippen LogP contribution in [0.3, 0.4) is 0 Å². The van der Waals surface area contributed by atoms with Crippen molar-refractivity contribution < 1.29 is 80.2 Å². The van der Waals surface area contributed by atoms with E-state index in [0.29, 0.717) is 25.7 Å². The summed E-state index contributed by atoms with van der Waals surface area (Å²) < 4.78 is 69.1. The summed E-state index contributed by atoms with van der Waals surface area (Å²) in [6.07, 6.45) is 75.1. The Morgan fingerprint density at radius 2 is 0.459 bits per heavy atom. The molecule has 0 aliphatic carbocycles. The van der Waals surface area contributed by atoms with Gasteiger partial charge in [-0.15, -0.1) is 0 Å². The van der Waals surface area contributed by atoms with Gasteiger partial charge < -0.3 is 33.8 Å². The molecule has 0 aliphatic heterocycles. The van der Waals surface area contributed by atoms with Gasteiger partial charge in [0, 0.05) is 25.7 Å². The summed E-state index contributed by atoms with van der Waals surface area (Å²) in [5.41, 5.74) is 0. The molecule has 0 bridgehead atoms. The molecular formula is C92H180O17P2. The molecule has 6 atom stereocenters. The molecule has 3 unspecified atom stereocenters. The Kier molecular flexibility index (Phi) is 80.4. The average molecular weight is 1620 g/mol. The van der Waals surface area contributed by atoms with Crippen molar-refractivity contribution in [3.8, 4) is 0 Å². The highest BCUT2D eigenvalue weighted by molar-refractivity contribution is 7.47. The second kappa shape index (κ2) is 81.8. The molecule has 0 heterocycles. The molecule has 0 saturated carbocycles. The first-order chi connectivity index (χ1) is 53.8. The minimum absolute atomic E-state index is 0.107. The van der Waals surface area contributed by atoms with E-state index in [1.807, 2.05) is 0 Å². The van der Waals surface area contributed by atoms with Crippen molar-refractivity contribution in [1.29, 1.82) is 0 Å². The van der Waals surface area contributed by atoms with Gasteiger partial charge in [-0.1, -0.05) is 440 Å². The molecule has 0 fully saturated rings. The van der Waals surface area contributed by atoms with Crippen molar-refractivity contribution in [3.63, 3.8) is 0 Å². The maximum Gasteiger partial charge on any atom is 0.472 e. The van der Waals surface area contributed by atoms with Gasteiger partial charge in [0.15, 0.2) is 12.2 Å². The van der Waals surface area contributed by atoms with Gasteiger partial charge in [0.2, 0.25) is 0 Å². The third-order valence-corrected chi connectivity index (χ3v) is 23.9. The summed E-state index contributed by atoms with van der Waals surface area (Å²) in [6, 6.07) is 0. The highest BCUT2D eigenvalue weighted by Crippen LogP contribution is 2.45. The minimum atomic E-state index is -4.97. The zero-order valence-corrected chi connectivity index (χ0v) is 75.2. The second-order valence-corrected chi connectivity index (χ2v) is 37.2. The predicted molar refractivity (Wildman–Crippen MR) is 460 cm³/mol. The van der Waals surface area contributed by atoms with Gasteiger partial charge in [0.25, 0.3) is 0 Å². The number of hydrogen-bond acceptors (Lipinski definition) is 15. The summed E-state index contributed by atoms with van der Waals surface area (Å²) in [4.78, 5) is 73.5. The van der Waals surface area contributed by atoms with Gasteiger partial charge >= 0.3 is 39.5 Å². The number of esters is 4. The Labute approximate surface area is 683 Å². The van der Waals surface area contributed by atoms with Crippen LogP contribution in [0.25, 0.3) is 0 Å². The molecule has 19 heteroatoms. The molecule has 0 rings (SSSR count). The van der Waals surface area contributed by atoms with E-state index < -0.39 is 97.5 Å². The topological polar surface area (TPSA) is 237 Å². The largest absolute Gasteiger partial charge is 0.472 e. The van der Waals surface area contributed by atoms with Gasteiger partial charge in [-0.05, 0) is 43.4 Å². The molecule has 0 aliphatic rings. The van der Waals surface area contributed by atoms with Crippen LogP contribution >= 0.6 is 15.6 Å². The molecule has 0 aromatic heterocycles. The lowest BCUT2D eigenvalue weighted by atomic mass is 9.99. The van der Waals surface area contributed by atoms with Crippen LogP contribution < -0.4 is 0 Å². The monoisotopic (exact) mass is 1620 g/mol. The fourth-order valence-electron chi connectivity index (χ4n) is 14.4. The molecule has 0 aromatic carbocycles. The predicted octanol–water partition coefficient (Wildman–Crippen LogP) is 28.4. The van der Waals surface area contributed by atoms with Crippen molar-refractivity contribution in [3.05, 3.63) is 0 Å². The SMILES string of the molecule is CCCCCCCCCCCCCCCCCCCCCCCCC(=O)O[C@H](COC(=O)CCCCCCCCCCCCCCCCCCCCC(C)C)COP(=O)(O)OC[C@@H](O)COP(=O)(O)OC[C@@H](COC(=O)CCCCCCCCCCC(C)CC)OC(=O)CCCCCCCCCCCCCCCC(C)C. The van der Waals surface area contributed by atoms with Crippen molar-refractivity contribution in [2.75, 3.05) is 39.6 Å². The lowest BCUT2D eigenvalue weighted by Gasteiger charge is -2.21. The van der Waals surface area contributed by atoms with E-state index in [0.717, 1.165) is 108 Å². The van der Waals surface area contributed by atoms with E-state index in [1.54, 1.807) is 0 Å².